The first kappa shape index (κ1) is 16.4. The molecule has 1 aliphatic heterocycles. The molecule has 1 unspecified atom stereocenters. The Bertz CT molecular complexity index is 625. The molecule has 5 nitrogen and oxygen atoms in total. The topological polar surface area (TPSA) is 43.2 Å². The Hall–Kier alpha value is -1.46. The summed E-state index contributed by atoms with van der Waals surface area (Å²) in [5, 5.41) is 0. The normalized spacial score (nSPS) is 19.5. The molecule has 0 amide bonds. The quantitative estimate of drug-likeness (QED) is 0.737. The molecule has 3 heterocycles. The molecule has 5 heteroatoms. The Labute approximate surface area is 138 Å². The summed E-state index contributed by atoms with van der Waals surface area (Å²) in [4.78, 5) is 12.0. The van der Waals surface area contributed by atoms with Crippen molar-refractivity contribution in [3.8, 4) is 0 Å². The van der Waals surface area contributed by atoms with Crippen LogP contribution in [0.5, 0.6) is 0 Å². The van der Waals surface area contributed by atoms with Crippen LogP contribution in [0.15, 0.2) is 18.3 Å². The van der Waals surface area contributed by atoms with E-state index in [0.29, 0.717) is 6.04 Å². The molecule has 0 aliphatic carbocycles. The van der Waals surface area contributed by atoms with Crippen LogP contribution in [0.4, 0.5) is 0 Å². The van der Waals surface area contributed by atoms with Crippen LogP contribution in [0.25, 0.3) is 11.2 Å². The summed E-state index contributed by atoms with van der Waals surface area (Å²) in [6.07, 6.45) is 7.76. The van der Waals surface area contributed by atoms with E-state index >= 15 is 0 Å². The first-order chi connectivity index (χ1) is 11.3. The third-order valence-corrected chi connectivity index (χ3v) is 4.88. The van der Waals surface area contributed by atoms with Gasteiger partial charge in [0.25, 0.3) is 0 Å². The van der Waals surface area contributed by atoms with Gasteiger partial charge in [-0.1, -0.05) is 13.3 Å². The number of aryl methyl sites for hydroxylation is 1. The second-order valence-corrected chi connectivity index (χ2v) is 6.36. The number of pyridine rings is 1. The van der Waals surface area contributed by atoms with E-state index in [1.165, 1.54) is 25.8 Å². The third-order valence-electron chi connectivity index (χ3n) is 4.88. The summed E-state index contributed by atoms with van der Waals surface area (Å²) >= 11 is 0. The van der Waals surface area contributed by atoms with Gasteiger partial charge in [0.15, 0.2) is 5.65 Å². The molecular weight excluding hydrogens is 288 g/mol. The van der Waals surface area contributed by atoms with Crippen LogP contribution in [-0.4, -0.2) is 52.3 Å². The van der Waals surface area contributed by atoms with Crippen molar-refractivity contribution < 1.29 is 4.74 Å². The van der Waals surface area contributed by atoms with Crippen LogP contribution in [0, 0.1) is 0 Å². The Morgan fingerprint density at radius 3 is 3.09 bits per heavy atom. The predicted octanol–water partition coefficient (Wildman–Crippen LogP) is 2.88. The summed E-state index contributed by atoms with van der Waals surface area (Å²) in [5.74, 6) is 1.15. The van der Waals surface area contributed by atoms with Gasteiger partial charge in [-0.3, -0.25) is 4.90 Å². The van der Waals surface area contributed by atoms with Crippen LogP contribution < -0.4 is 0 Å². The first-order valence-corrected chi connectivity index (χ1v) is 8.86. The Balaban J connectivity index is 1.85. The van der Waals surface area contributed by atoms with E-state index in [9.17, 15) is 0 Å². The monoisotopic (exact) mass is 316 g/mol. The molecule has 0 spiro atoms. The number of fused-ring (bicyclic) bond motifs is 1. The molecule has 2 aromatic rings. The SMILES string of the molecule is CCN1CCCCC1Cn1c(CCCOC)nc2cccnc21. The second kappa shape index (κ2) is 7.88. The fourth-order valence-corrected chi connectivity index (χ4v) is 3.66. The van der Waals surface area contributed by atoms with Crippen LogP contribution in [0.3, 0.4) is 0 Å². The lowest BCUT2D eigenvalue weighted by Gasteiger charge is -2.35. The van der Waals surface area contributed by atoms with Crippen molar-refractivity contribution in [2.24, 2.45) is 0 Å². The zero-order valence-electron chi connectivity index (χ0n) is 14.4. The minimum Gasteiger partial charge on any atom is -0.385 e. The molecule has 1 aliphatic rings. The smallest absolute Gasteiger partial charge is 0.160 e. The maximum absolute atomic E-state index is 5.20. The first-order valence-electron chi connectivity index (χ1n) is 8.86. The Morgan fingerprint density at radius 2 is 2.26 bits per heavy atom. The van der Waals surface area contributed by atoms with Gasteiger partial charge in [-0.05, 0) is 44.5 Å². The number of nitrogens with zero attached hydrogens (tertiary/aromatic N) is 4. The summed E-state index contributed by atoms with van der Waals surface area (Å²) in [7, 11) is 1.76. The molecule has 1 atom stereocenters. The lowest BCUT2D eigenvalue weighted by molar-refractivity contribution is 0.140. The summed E-state index contributed by atoms with van der Waals surface area (Å²) in [5.41, 5.74) is 2.04. The molecule has 0 bridgehead atoms. The maximum Gasteiger partial charge on any atom is 0.160 e. The van der Waals surface area contributed by atoms with Gasteiger partial charge >= 0.3 is 0 Å². The van der Waals surface area contributed by atoms with Gasteiger partial charge in [0.05, 0.1) is 0 Å². The zero-order valence-corrected chi connectivity index (χ0v) is 14.4. The van der Waals surface area contributed by atoms with Gasteiger partial charge in [0.1, 0.15) is 11.3 Å². The molecule has 0 saturated carbocycles. The standard InChI is InChI=1S/C18H28N4O/c1-3-21-12-5-4-8-15(21)14-22-17(10-7-13-23-2)20-16-9-6-11-19-18(16)22/h6,9,11,15H,3-5,7-8,10,12-14H2,1-2H3. The van der Waals surface area contributed by atoms with Gasteiger partial charge in [0.2, 0.25) is 0 Å². The highest BCUT2D eigenvalue weighted by atomic mass is 16.5. The van der Waals surface area contributed by atoms with E-state index in [1.54, 1.807) is 7.11 Å². The van der Waals surface area contributed by atoms with Gasteiger partial charge < -0.3 is 9.30 Å². The number of hydrogen-bond acceptors (Lipinski definition) is 4. The van der Waals surface area contributed by atoms with Crippen molar-refractivity contribution in [3.05, 3.63) is 24.2 Å². The number of hydrogen-bond donors (Lipinski definition) is 0. The highest BCUT2D eigenvalue weighted by molar-refractivity contribution is 5.71. The summed E-state index contributed by atoms with van der Waals surface area (Å²) < 4.78 is 7.55. The summed E-state index contributed by atoms with van der Waals surface area (Å²) in [6.45, 7) is 6.40. The number of likely N-dealkylation sites (N-methyl/N-ethyl adjacent to an activating group) is 1. The summed E-state index contributed by atoms with van der Waals surface area (Å²) in [6, 6.07) is 4.64. The third kappa shape index (κ3) is 3.72. The minimum atomic E-state index is 0.606. The van der Waals surface area contributed by atoms with Crippen LogP contribution >= 0.6 is 0 Å². The minimum absolute atomic E-state index is 0.606. The molecule has 0 N–H and O–H groups in total. The van der Waals surface area contributed by atoms with Crippen LogP contribution in [0.1, 0.15) is 38.4 Å². The maximum atomic E-state index is 5.20. The molecule has 2 aromatic heterocycles. The van der Waals surface area contributed by atoms with Crippen molar-refractivity contribution in [2.75, 3.05) is 26.8 Å². The van der Waals surface area contributed by atoms with Gasteiger partial charge in [-0.25, -0.2) is 9.97 Å². The van der Waals surface area contributed by atoms with E-state index in [2.05, 4.69) is 27.4 Å². The van der Waals surface area contributed by atoms with Crippen molar-refractivity contribution in [3.63, 3.8) is 0 Å². The van der Waals surface area contributed by atoms with Crippen molar-refractivity contribution in [1.82, 2.24) is 19.4 Å². The Morgan fingerprint density at radius 1 is 1.35 bits per heavy atom. The molecule has 126 valence electrons. The van der Waals surface area contributed by atoms with Gasteiger partial charge in [-0.15, -0.1) is 0 Å². The molecule has 0 radical (unpaired) electrons. The molecular formula is C18H28N4O. The fourth-order valence-electron chi connectivity index (χ4n) is 3.66. The van der Waals surface area contributed by atoms with Gasteiger partial charge in [-0.2, -0.15) is 0 Å². The van der Waals surface area contributed by atoms with E-state index < -0.39 is 0 Å². The number of methoxy groups -OCH3 is 1. The second-order valence-electron chi connectivity index (χ2n) is 6.36. The molecule has 0 aromatic carbocycles. The predicted molar refractivity (Wildman–Crippen MR) is 92.6 cm³/mol. The van der Waals surface area contributed by atoms with Crippen molar-refractivity contribution in [1.29, 1.82) is 0 Å². The number of rotatable bonds is 7. The average Bonchev–Trinajstić information content (AvgIpc) is 2.93. The average molecular weight is 316 g/mol. The zero-order chi connectivity index (χ0) is 16.1. The lowest BCUT2D eigenvalue weighted by Crippen LogP contribution is -2.42. The number of ether oxygens (including phenoxy) is 1. The number of imidazole rings is 1. The number of piperidine rings is 1. The number of likely N-dealkylation sites (tertiary alicyclic amines) is 1. The van der Waals surface area contributed by atoms with Gasteiger partial charge in [0, 0.05) is 38.9 Å². The van der Waals surface area contributed by atoms with Crippen molar-refractivity contribution in [2.45, 2.75) is 51.6 Å². The van der Waals surface area contributed by atoms with Crippen molar-refractivity contribution >= 4 is 11.2 Å². The molecule has 23 heavy (non-hydrogen) atoms. The largest absolute Gasteiger partial charge is 0.385 e. The van der Waals surface area contributed by atoms with Crippen LogP contribution in [-0.2, 0) is 17.7 Å². The molecule has 1 saturated heterocycles. The number of aromatic nitrogens is 3. The Kier molecular flexibility index (Phi) is 5.62. The van der Waals surface area contributed by atoms with E-state index in [-0.39, 0.29) is 0 Å². The highest BCUT2D eigenvalue weighted by Gasteiger charge is 2.23. The highest BCUT2D eigenvalue weighted by Crippen LogP contribution is 2.22. The molecule has 3 rings (SSSR count). The lowest BCUT2D eigenvalue weighted by atomic mass is 10.0. The van der Waals surface area contributed by atoms with E-state index in [4.69, 9.17) is 9.72 Å². The van der Waals surface area contributed by atoms with Crippen LogP contribution in [0.2, 0.25) is 0 Å². The molecule has 1 fully saturated rings. The fraction of sp³-hybridized carbons (Fsp3) is 0.667. The van der Waals surface area contributed by atoms with E-state index in [0.717, 1.165) is 49.5 Å². The van der Waals surface area contributed by atoms with E-state index in [1.807, 2.05) is 12.3 Å².